The third-order valence-electron chi connectivity index (χ3n) is 6.55. The molecule has 0 radical (unpaired) electrons. The smallest absolute Gasteiger partial charge is 0.245 e. The summed E-state index contributed by atoms with van der Waals surface area (Å²) in [6, 6.07) is 0. The highest BCUT2D eigenvalue weighted by Gasteiger charge is 2.08. The van der Waals surface area contributed by atoms with Crippen molar-refractivity contribution in [3.05, 3.63) is 0 Å². The van der Waals surface area contributed by atoms with E-state index >= 15 is 0 Å². The summed E-state index contributed by atoms with van der Waals surface area (Å²) in [4.78, 5) is 11.0. The second kappa shape index (κ2) is 19.4. The van der Waals surface area contributed by atoms with Crippen molar-refractivity contribution in [2.45, 2.75) is 125 Å². The van der Waals surface area contributed by atoms with Crippen LogP contribution in [0.15, 0.2) is 0 Å². The van der Waals surface area contributed by atoms with Crippen molar-refractivity contribution in [1.82, 2.24) is 5.32 Å². The van der Waals surface area contributed by atoms with Gasteiger partial charge in [0.1, 0.15) is 6.61 Å². The molecule has 0 heterocycles. The number of nitrogens with one attached hydrogen (secondary N) is 1. The van der Waals surface area contributed by atoms with Crippen LogP contribution in [0, 0.1) is 23.7 Å². The Morgan fingerprint density at radius 3 is 1.45 bits per heavy atom. The number of unbranched alkanes of at least 4 members (excludes halogenated alkanes) is 1. The molecule has 1 amide bonds. The second-order valence-electron chi connectivity index (χ2n) is 10.0. The van der Waals surface area contributed by atoms with Crippen LogP contribution in [0.5, 0.6) is 0 Å². The van der Waals surface area contributed by atoms with Crippen LogP contribution in [0.25, 0.3) is 0 Å². The zero-order chi connectivity index (χ0) is 21.9. The average molecular weight is 412 g/mol. The van der Waals surface area contributed by atoms with Crippen LogP contribution in [0.1, 0.15) is 125 Å². The lowest BCUT2D eigenvalue weighted by Crippen LogP contribution is -2.27. The Balaban J connectivity index is 3.52. The van der Waals surface area contributed by atoms with Gasteiger partial charge in [-0.3, -0.25) is 4.79 Å². The minimum absolute atomic E-state index is 0.262. The van der Waals surface area contributed by atoms with E-state index in [-0.39, 0.29) is 5.91 Å². The third-order valence-corrected chi connectivity index (χ3v) is 6.55. The Morgan fingerprint density at radius 1 is 0.655 bits per heavy atom. The van der Waals surface area contributed by atoms with Crippen molar-refractivity contribution in [2.24, 2.45) is 23.7 Å². The maximum Gasteiger partial charge on any atom is 0.245 e. The molecule has 3 nitrogen and oxygen atoms in total. The predicted octanol–water partition coefficient (Wildman–Crippen LogP) is 7.12. The van der Waals surface area contributed by atoms with Crippen molar-refractivity contribution in [3.63, 3.8) is 0 Å². The predicted molar refractivity (Wildman–Crippen MR) is 127 cm³/mol. The molecule has 0 spiro atoms. The fourth-order valence-corrected chi connectivity index (χ4v) is 4.42. The van der Waals surface area contributed by atoms with Gasteiger partial charge in [0, 0.05) is 6.54 Å². The van der Waals surface area contributed by atoms with Crippen LogP contribution in [-0.2, 0) is 4.79 Å². The molecule has 0 rings (SSSR count). The van der Waals surface area contributed by atoms with Crippen LogP contribution in [0.3, 0.4) is 0 Å². The summed E-state index contributed by atoms with van der Waals surface area (Å²) in [7, 11) is 0. The zero-order valence-corrected chi connectivity index (χ0v) is 20.5. The Kier molecular flexibility index (Phi) is 19.0. The first kappa shape index (κ1) is 28.4. The van der Waals surface area contributed by atoms with Gasteiger partial charge in [-0.25, -0.2) is 0 Å². The summed E-state index contributed by atoms with van der Waals surface area (Å²) in [6.07, 6.45) is 18.8. The van der Waals surface area contributed by atoms with Crippen LogP contribution in [0.4, 0.5) is 0 Å². The highest BCUT2D eigenvalue weighted by Crippen LogP contribution is 2.23. The largest absolute Gasteiger partial charge is 0.387 e. The molecule has 0 aliphatic carbocycles. The van der Waals surface area contributed by atoms with Gasteiger partial charge in [0.25, 0.3) is 0 Å². The van der Waals surface area contributed by atoms with E-state index < -0.39 is 6.61 Å². The van der Waals surface area contributed by atoms with Crippen LogP contribution >= 0.6 is 0 Å². The molecule has 0 aliphatic heterocycles. The normalized spacial score (nSPS) is 15.7. The maximum atomic E-state index is 11.0. The van der Waals surface area contributed by atoms with Crippen molar-refractivity contribution in [2.75, 3.05) is 13.2 Å². The van der Waals surface area contributed by atoms with Gasteiger partial charge in [-0.2, -0.15) is 0 Å². The van der Waals surface area contributed by atoms with Crippen molar-refractivity contribution < 1.29 is 9.90 Å². The second-order valence-corrected chi connectivity index (χ2v) is 10.0. The molecule has 0 fully saturated rings. The quantitative estimate of drug-likeness (QED) is 0.209. The molecule has 0 saturated heterocycles. The number of carbonyl (C=O) groups excluding carboxylic acids is 1. The van der Waals surface area contributed by atoms with E-state index in [1.54, 1.807) is 0 Å². The molecule has 3 heteroatoms. The summed E-state index contributed by atoms with van der Waals surface area (Å²) in [6.45, 7) is 12.2. The van der Waals surface area contributed by atoms with E-state index in [9.17, 15) is 4.79 Å². The summed E-state index contributed by atoms with van der Waals surface area (Å²) < 4.78 is 0. The Hall–Kier alpha value is -0.570. The average Bonchev–Trinajstić information content (AvgIpc) is 2.68. The monoisotopic (exact) mass is 411 g/mol. The van der Waals surface area contributed by atoms with Crippen LogP contribution in [0.2, 0.25) is 0 Å². The molecule has 0 aromatic carbocycles. The number of aliphatic hydroxyl groups is 1. The fraction of sp³-hybridized carbons (Fsp3) is 0.962. The number of carbonyl (C=O) groups is 1. The summed E-state index contributed by atoms with van der Waals surface area (Å²) in [5.74, 6) is 3.15. The minimum atomic E-state index is -0.398. The molecule has 0 aromatic heterocycles. The van der Waals surface area contributed by atoms with Gasteiger partial charge in [0.2, 0.25) is 5.91 Å². The third kappa shape index (κ3) is 19.2. The van der Waals surface area contributed by atoms with Crippen molar-refractivity contribution in [3.8, 4) is 0 Å². The molecule has 4 unspecified atom stereocenters. The van der Waals surface area contributed by atoms with Crippen LogP contribution in [-0.4, -0.2) is 24.2 Å². The van der Waals surface area contributed by atoms with Crippen molar-refractivity contribution in [1.29, 1.82) is 0 Å². The lowest BCUT2D eigenvalue weighted by Gasteiger charge is -2.16. The van der Waals surface area contributed by atoms with E-state index in [0.717, 1.165) is 36.5 Å². The van der Waals surface area contributed by atoms with E-state index in [1.807, 2.05) is 0 Å². The Morgan fingerprint density at radius 2 is 1.03 bits per heavy atom. The highest BCUT2D eigenvalue weighted by atomic mass is 16.3. The molecule has 174 valence electrons. The molecule has 29 heavy (non-hydrogen) atoms. The first-order chi connectivity index (χ1) is 13.9. The summed E-state index contributed by atoms with van der Waals surface area (Å²) in [5.41, 5.74) is 0. The number of hydrogen-bond donors (Lipinski definition) is 2. The topological polar surface area (TPSA) is 49.3 Å². The molecule has 0 bridgehead atoms. The fourth-order valence-electron chi connectivity index (χ4n) is 4.42. The molecule has 4 atom stereocenters. The van der Waals surface area contributed by atoms with Gasteiger partial charge in [-0.15, -0.1) is 0 Å². The molecule has 0 aliphatic rings. The summed E-state index contributed by atoms with van der Waals surface area (Å²) >= 11 is 0. The van der Waals surface area contributed by atoms with E-state index in [0.29, 0.717) is 6.54 Å². The zero-order valence-electron chi connectivity index (χ0n) is 20.5. The lowest BCUT2D eigenvalue weighted by atomic mass is 9.91. The highest BCUT2D eigenvalue weighted by molar-refractivity contribution is 5.76. The van der Waals surface area contributed by atoms with Gasteiger partial charge < -0.3 is 10.4 Å². The Labute approximate surface area is 182 Å². The number of hydrogen-bond acceptors (Lipinski definition) is 2. The van der Waals surface area contributed by atoms with Gasteiger partial charge in [0.15, 0.2) is 0 Å². The standard InChI is InChI=1S/C26H53NO2/c1-6-12-22(2)15-9-16-23(3)13-7-8-14-24(4)17-10-18-25(5)19-11-20-27-26(29)21-28/h22-25,28H,6-21H2,1-5H3,(H,27,29). The first-order valence-electron chi connectivity index (χ1n) is 12.8. The molecular formula is C26H53NO2. The van der Waals surface area contributed by atoms with E-state index in [4.69, 9.17) is 5.11 Å². The van der Waals surface area contributed by atoms with E-state index in [2.05, 4.69) is 39.9 Å². The van der Waals surface area contributed by atoms with Gasteiger partial charge in [-0.1, -0.05) is 112 Å². The molecule has 2 N–H and O–H groups in total. The number of amides is 1. The van der Waals surface area contributed by atoms with E-state index in [1.165, 1.54) is 77.0 Å². The summed E-state index contributed by atoms with van der Waals surface area (Å²) in [5, 5.41) is 11.4. The lowest BCUT2D eigenvalue weighted by molar-refractivity contribution is -0.123. The SMILES string of the molecule is CCCC(C)CCCC(C)CCCCC(C)CCCC(C)CCCNC(=O)CO. The van der Waals surface area contributed by atoms with Gasteiger partial charge in [0.05, 0.1) is 0 Å². The Bertz CT molecular complexity index is 372. The first-order valence-corrected chi connectivity index (χ1v) is 12.8. The molecule has 0 saturated carbocycles. The van der Waals surface area contributed by atoms with Crippen LogP contribution < -0.4 is 5.32 Å². The van der Waals surface area contributed by atoms with Gasteiger partial charge in [-0.05, 0) is 36.5 Å². The van der Waals surface area contributed by atoms with Gasteiger partial charge >= 0.3 is 0 Å². The number of rotatable bonds is 20. The number of aliphatic hydroxyl groups excluding tert-OH is 1. The molecule has 0 aromatic rings. The minimum Gasteiger partial charge on any atom is -0.387 e. The molecular weight excluding hydrogens is 358 g/mol. The van der Waals surface area contributed by atoms with Crippen molar-refractivity contribution >= 4 is 5.91 Å². The maximum absolute atomic E-state index is 11.0.